The normalized spacial score (nSPS) is 0. The van der Waals surface area contributed by atoms with Crippen LogP contribution < -0.4 is 0 Å². The van der Waals surface area contributed by atoms with Gasteiger partial charge >= 0.3 is 43.6 Å². The van der Waals surface area contributed by atoms with Crippen LogP contribution in [0, 0.1) is 0 Å². The molecule has 0 aliphatic carbocycles. The molecule has 29 valence electrons. The van der Waals surface area contributed by atoms with E-state index in [1.165, 1.54) is 0 Å². The van der Waals surface area contributed by atoms with Crippen LogP contribution in [0.15, 0.2) is 0 Å². The molecule has 0 fully saturated rings. The van der Waals surface area contributed by atoms with Gasteiger partial charge in [0.1, 0.15) is 0 Å². The van der Waals surface area contributed by atoms with Gasteiger partial charge in [0.15, 0.2) is 0 Å². The molecule has 0 rings (SSSR count). The minimum atomic E-state index is 0. The first-order valence-corrected chi connectivity index (χ1v) is 0. The first-order chi connectivity index (χ1) is 0. The van der Waals surface area contributed by atoms with Crippen LogP contribution in [0.5, 0.6) is 0 Å². The average molecular weight is 309 g/mol. The van der Waals surface area contributed by atoms with Crippen molar-refractivity contribution in [1.82, 2.24) is 0 Å². The molecule has 0 saturated carbocycles. The Hall–Kier alpha value is 1.30. The van der Waals surface area contributed by atoms with Crippen molar-refractivity contribution in [3.8, 4) is 0 Å². The van der Waals surface area contributed by atoms with Crippen molar-refractivity contribution in [2.24, 2.45) is 0 Å². The van der Waals surface area contributed by atoms with Crippen molar-refractivity contribution in [2.45, 2.75) is 0 Å². The average Bonchev–Trinajstić information content (AvgIpc) is 0. The third-order valence-electron chi connectivity index (χ3n) is 0. The molecule has 0 aliphatic heterocycles. The Balaban J connectivity index is 0. The molecule has 0 amide bonds. The SMILES string of the molecule is [Bi+3].[Cr+3].[O-2].[O-2].[O-2]. The van der Waals surface area contributed by atoms with E-state index in [0.717, 1.165) is 0 Å². The van der Waals surface area contributed by atoms with Crippen molar-refractivity contribution in [1.29, 1.82) is 0 Å². The third-order valence-corrected chi connectivity index (χ3v) is 0. The molecule has 0 aromatic heterocycles. The minimum absolute atomic E-state index is 0. The van der Waals surface area contributed by atoms with Crippen LogP contribution >= 0.6 is 0 Å². The van der Waals surface area contributed by atoms with Crippen molar-refractivity contribution in [2.75, 3.05) is 0 Å². The maximum absolute atomic E-state index is 0. The van der Waals surface area contributed by atoms with E-state index in [1.54, 1.807) is 0 Å². The Labute approximate surface area is 59.9 Å². The topological polar surface area (TPSA) is 85.5 Å². The van der Waals surface area contributed by atoms with Gasteiger partial charge in [-0.05, 0) is 0 Å². The monoisotopic (exact) mass is 309 g/mol. The van der Waals surface area contributed by atoms with Gasteiger partial charge in [0.25, 0.3) is 0 Å². The van der Waals surface area contributed by atoms with Crippen molar-refractivity contribution < 1.29 is 33.8 Å². The molecule has 5 heavy (non-hydrogen) atoms. The molecule has 0 aliphatic rings. The van der Waals surface area contributed by atoms with Crippen LogP contribution in [0.4, 0.5) is 0 Å². The fraction of sp³-hybridized carbons (Fsp3) is 0. The predicted molar refractivity (Wildman–Crippen MR) is 7.81 cm³/mol. The van der Waals surface area contributed by atoms with Gasteiger partial charge in [-0.3, -0.25) is 0 Å². The zero-order valence-electron chi connectivity index (χ0n) is 2.08. The Morgan fingerprint density at radius 3 is 0.600 bits per heavy atom. The van der Waals surface area contributed by atoms with E-state index < -0.39 is 0 Å². The van der Waals surface area contributed by atoms with E-state index in [0.29, 0.717) is 0 Å². The van der Waals surface area contributed by atoms with Crippen LogP contribution in [0.1, 0.15) is 0 Å². The van der Waals surface area contributed by atoms with Gasteiger partial charge in [0, 0.05) is 0 Å². The second-order valence-corrected chi connectivity index (χ2v) is 0. The summed E-state index contributed by atoms with van der Waals surface area (Å²) < 4.78 is 0. The smallest absolute Gasteiger partial charge is 2.00 e. The van der Waals surface area contributed by atoms with Crippen LogP contribution in [0.3, 0.4) is 0 Å². The van der Waals surface area contributed by atoms with Gasteiger partial charge in [-0.25, -0.2) is 0 Å². The molecule has 0 aromatic carbocycles. The van der Waals surface area contributed by atoms with Gasteiger partial charge in [-0.1, -0.05) is 0 Å². The molecule has 3 nitrogen and oxygen atoms in total. The number of hydrogen-bond donors (Lipinski definition) is 0. The third kappa shape index (κ3) is 34.3. The van der Waals surface area contributed by atoms with Crippen LogP contribution in [0.25, 0.3) is 0 Å². The fourth-order valence-corrected chi connectivity index (χ4v) is 0. The van der Waals surface area contributed by atoms with Gasteiger partial charge in [-0.15, -0.1) is 0 Å². The van der Waals surface area contributed by atoms with Gasteiger partial charge in [0.2, 0.25) is 0 Å². The summed E-state index contributed by atoms with van der Waals surface area (Å²) in [5.74, 6) is 0. The van der Waals surface area contributed by atoms with Crippen LogP contribution in [-0.4, -0.2) is 26.2 Å². The molecular formula is BiCrO3. The van der Waals surface area contributed by atoms with Crippen molar-refractivity contribution >= 4 is 26.2 Å². The zero-order valence-corrected chi connectivity index (χ0v) is 6.83. The van der Waals surface area contributed by atoms with Gasteiger partial charge < -0.3 is 16.4 Å². The maximum Gasteiger partial charge on any atom is 3.00 e. The van der Waals surface area contributed by atoms with Crippen molar-refractivity contribution in [3.63, 3.8) is 0 Å². The summed E-state index contributed by atoms with van der Waals surface area (Å²) in [4.78, 5) is 0. The first kappa shape index (κ1) is 105. The Bertz CT molecular complexity index is 6.85. The Morgan fingerprint density at radius 1 is 0.600 bits per heavy atom. The molecule has 0 saturated heterocycles. The van der Waals surface area contributed by atoms with E-state index in [-0.39, 0.29) is 60.0 Å². The van der Waals surface area contributed by atoms with Crippen LogP contribution in [-0.2, 0) is 33.8 Å². The molecule has 0 N–H and O–H groups in total. The Kier molecular flexibility index (Phi) is 1220. The van der Waals surface area contributed by atoms with E-state index in [9.17, 15) is 0 Å². The summed E-state index contributed by atoms with van der Waals surface area (Å²) in [6.07, 6.45) is 0. The summed E-state index contributed by atoms with van der Waals surface area (Å²) in [6, 6.07) is 0. The molecule has 5 heteroatoms. The largest absolute Gasteiger partial charge is 3.00 e. The molecule has 0 aromatic rings. The predicted octanol–water partition coefficient (Wildman–Crippen LogP) is -0.740. The van der Waals surface area contributed by atoms with E-state index >= 15 is 0 Å². The summed E-state index contributed by atoms with van der Waals surface area (Å²) in [6.45, 7) is 0. The fourth-order valence-electron chi connectivity index (χ4n) is 0. The quantitative estimate of drug-likeness (QED) is 0.528. The summed E-state index contributed by atoms with van der Waals surface area (Å²) >= 11 is 0. The van der Waals surface area contributed by atoms with E-state index in [2.05, 4.69) is 0 Å². The standard InChI is InChI=1S/Bi.Cr.3O/q2*+3;3*-2. The summed E-state index contributed by atoms with van der Waals surface area (Å²) in [5.41, 5.74) is 0. The molecule has 0 atom stereocenters. The minimum Gasteiger partial charge on any atom is -2.00 e. The molecule has 0 heterocycles. The number of rotatable bonds is 0. The van der Waals surface area contributed by atoms with Crippen LogP contribution in [0.2, 0.25) is 0 Å². The number of hydrogen-bond acceptors (Lipinski definition) is 0. The van der Waals surface area contributed by atoms with E-state index in [4.69, 9.17) is 0 Å². The molecule has 3 radical (unpaired) electrons. The van der Waals surface area contributed by atoms with Crippen molar-refractivity contribution in [3.05, 3.63) is 0 Å². The molecule has 0 unspecified atom stereocenters. The molecule has 0 spiro atoms. The zero-order chi connectivity index (χ0) is 0. The Morgan fingerprint density at radius 2 is 0.600 bits per heavy atom. The summed E-state index contributed by atoms with van der Waals surface area (Å²) in [5, 5.41) is 0. The van der Waals surface area contributed by atoms with Gasteiger partial charge in [-0.2, -0.15) is 0 Å². The first-order valence-electron chi connectivity index (χ1n) is 0. The molecular weight excluding hydrogens is 309 g/mol. The molecule has 0 bridgehead atoms. The maximum atomic E-state index is 0. The second-order valence-electron chi connectivity index (χ2n) is 0. The van der Waals surface area contributed by atoms with E-state index in [1.807, 2.05) is 0 Å². The second kappa shape index (κ2) is 58.2. The van der Waals surface area contributed by atoms with Gasteiger partial charge in [0.05, 0.1) is 0 Å². The summed E-state index contributed by atoms with van der Waals surface area (Å²) in [7, 11) is 0.